The topological polar surface area (TPSA) is 194 Å². The summed E-state index contributed by atoms with van der Waals surface area (Å²) >= 11 is 3.91. The van der Waals surface area contributed by atoms with E-state index < -0.39 is 0 Å². The summed E-state index contributed by atoms with van der Waals surface area (Å²) in [4.78, 5) is 28.1. The summed E-state index contributed by atoms with van der Waals surface area (Å²) in [7, 11) is 0. The third kappa shape index (κ3) is 6.92. The van der Waals surface area contributed by atoms with Gasteiger partial charge in [0, 0.05) is 70.8 Å². The molecule has 0 spiro atoms. The lowest BCUT2D eigenvalue weighted by atomic mass is 10.1. The van der Waals surface area contributed by atoms with Gasteiger partial charge in [0.1, 0.15) is 15.0 Å². The number of aryl methyl sites for hydroxylation is 3. The molecule has 6 heterocycles. The number of hydrogen-bond donors (Lipinski definition) is 0. The van der Waals surface area contributed by atoms with Crippen molar-refractivity contribution in [3.05, 3.63) is 109 Å². The van der Waals surface area contributed by atoms with Gasteiger partial charge in [-0.2, -0.15) is 28.1 Å². The van der Waals surface area contributed by atoms with Gasteiger partial charge in [0.15, 0.2) is 17.5 Å². The fraction of sp³-hybridized carbons (Fsp3) is 0.0769. The molecule has 276 valence electrons. The van der Waals surface area contributed by atoms with Crippen LogP contribution in [0.4, 0.5) is 0 Å². The molecule has 0 saturated carbocycles. The molecule has 0 unspecified atom stereocenters. The van der Waals surface area contributed by atoms with Crippen LogP contribution in [0, 0.1) is 20.8 Å². The fourth-order valence-electron chi connectivity index (χ4n) is 6.01. The Balaban J connectivity index is 1.03. The van der Waals surface area contributed by atoms with Crippen molar-refractivity contribution in [3.63, 3.8) is 0 Å². The standard InChI is InChI=1S/C39H24N12O3S3/c1-19-40-31(46-52-19)22-7-4-10-25(13-22)34-43-37(55-49-34)28-16-29(38-44-35(50-56-38)26-11-5-8-23(14-26)32-41-20(2)53-47-32)18-30(17-28)39-45-36(51-57-39)27-12-6-9-24(15-27)33-42-21(3)54-48-33/h4-18H,1-3H3. The molecule has 0 fully saturated rings. The van der Waals surface area contributed by atoms with E-state index in [4.69, 9.17) is 41.6 Å². The SMILES string of the molecule is Cc1nc(-c2cccc(-c3nsc(-c4cc(-c5nc(-c6cccc(-c7noc(C)n7)c6)ns5)cc(-c5nc(-c6cccc(-c7noc(C)n7)c6)ns5)c4)n3)c2)no1. The molecule has 0 aliphatic rings. The van der Waals surface area contributed by atoms with Gasteiger partial charge >= 0.3 is 0 Å². The quantitative estimate of drug-likeness (QED) is 0.134. The molecule has 0 saturated heterocycles. The average Bonchev–Trinajstić information content (AvgIpc) is 4.10. The lowest BCUT2D eigenvalue weighted by molar-refractivity contribution is 0.394. The summed E-state index contributed by atoms with van der Waals surface area (Å²) in [6.45, 7) is 5.28. The molecule has 10 rings (SSSR count). The van der Waals surface area contributed by atoms with E-state index in [-0.39, 0.29) is 0 Å². The summed E-state index contributed by atoms with van der Waals surface area (Å²) in [5.74, 6) is 4.71. The molecule has 0 amide bonds. The molecule has 10 aromatic rings. The van der Waals surface area contributed by atoms with E-state index in [1.54, 1.807) is 20.8 Å². The highest BCUT2D eigenvalue weighted by atomic mass is 32.1. The molecule has 0 aliphatic heterocycles. The highest BCUT2D eigenvalue weighted by Gasteiger charge is 2.19. The largest absolute Gasteiger partial charge is 0.339 e. The number of aromatic nitrogens is 12. The minimum absolute atomic E-state index is 0.491. The Kier molecular flexibility index (Phi) is 8.61. The van der Waals surface area contributed by atoms with Crippen LogP contribution in [0.1, 0.15) is 17.7 Å². The molecule has 0 bridgehead atoms. The van der Waals surface area contributed by atoms with Crippen molar-refractivity contribution in [3.8, 4) is 100 Å². The molecular formula is C39H24N12O3S3. The van der Waals surface area contributed by atoms with Crippen LogP contribution < -0.4 is 0 Å². The van der Waals surface area contributed by atoms with Crippen LogP contribution in [-0.2, 0) is 0 Å². The van der Waals surface area contributed by atoms with Gasteiger partial charge in [-0.25, -0.2) is 15.0 Å². The Morgan fingerprint density at radius 2 is 0.596 bits per heavy atom. The Bertz CT molecular complexity index is 2730. The van der Waals surface area contributed by atoms with Crippen LogP contribution in [-0.4, -0.2) is 58.5 Å². The zero-order chi connectivity index (χ0) is 38.5. The Morgan fingerprint density at radius 1 is 0.333 bits per heavy atom. The zero-order valence-corrected chi connectivity index (χ0v) is 32.4. The normalized spacial score (nSPS) is 11.4. The van der Waals surface area contributed by atoms with E-state index in [0.717, 1.165) is 65.1 Å². The molecule has 4 aromatic carbocycles. The van der Waals surface area contributed by atoms with E-state index in [9.17, 15) is 0 Å². The second-order valence-electron chi connectivity index (χ2n) is 12.7. The van der Waals surface area contributed by atoms with Crippen LogP contribution in [0.25, 0.3) is 100 Å². The molecule has 0 atom stereocenters. The highest BCUT2D eigenvalue weighted by Crippen LogP contribution is 2.38. The van der Waals surface area contributed by atoms with Crippen molar-refractivity contribution >= 4 is 34.6 Å². The number of rotatable bonds is 9. The number of benzene rings is 4. The van der Waals surface area contributed by atoms with E-state index in [2.05, 4.69) is 30.4 Å². The Hall–Kier alpha value is -7.02. The summed E-state index contributed by atoms with van der Waals surface area (Å²) in [5.41, 5.74) is 7.42. The van der Waals surface area contributed by atoms with Crippen LogP contribution in [0.15, 0.2) is 105 Å². The van der Waals surface area contributed by atoms with Gasteiger partial charge in [-0.15, -0.1) is 0 Å². The first-order valence-corrected chi connectivity index (χ1v) is 19.6. The minimum atomic E-state index is 0.491. The second kappa shape index (κ2) is 14.2. The van der Waals surface area contributed by atoms with Crippen molar-refractivity contribution in [1.29, 1.82) is 0 Å². The Morgan fingerprint density at radius 3 is 0.860 bits per heavy atom. The maximum absolute atomic E-state index is 5.20. The van der Waals surface area contributed by atoms with Crippen molar-refractivity contribution in [2.24, 2.45) is 0 Å². The van der Waals surface area contributed by atoms with E-state index in [1.165, 1.54) is 34.6 Å². The average molecular weight is 805 g/mol. The summed E-state index contributed by atoms with van der Waals surface area (Å²) in [5, 5.41) is 14.4. The lowest BCUT2D eigenvalue weighted by Gasteiger charge is -2.05. The third-order valence-corrected chi connectivity index (χ3v) is 11.0. The van der Waals surface area contributed by atoms with Gasteiger partial charge < -0.3 is 13.6 Å². The lowest BCUT2D eigenvalue weighted by Crippen LogP contribution is -1.88. The molecule has 0 radical (unpaired) electrons. The highest BCUT2D eigenvalue weighted by molar-refractivity contribution is 7.10. The zero-order valence-electron chi connectivity index (χ0n) is 30.0. The van der Waals surface area contributed by atoms with Crippen molar-refractivity contribution in [2.45, 2.75) is 20.8 Å². The van der Waals surface area contributed by atoms with Gasteiger partial charge in [-0.1, -0.05) is 70.1 Å². The van der Waals surface area contributed by atoms with Gasteiger partial charge in [-0.3, -0.25) is 0 Å². The van der Waals surface area contributed by atoms with Crippen LogP contribution in [0.3, 0.4) is 0 Å². The summed E-state index contributed by atoms with van der Waals surface area (Å²) in [6, 6.07) is 29.4. The smallest absolute Gasteiger partial charge is 0.223 e. The van der Waals surface area contributed by atoms with Crippen molar-refractivity contribution in [2.75, 3.05) is 0 Å². The first-order valence-electron chi connectivity index (χ1n) is 17.3. The maximum atomic E-state index is 5.20. The fourth-order valence-corrected chi connectivity index (χ4v) is 8.02. The molecule has 6 aromatic heterocycles. The molecule has 18 heteroatoms. The van der Waals surface area contributed by atoms with Gasteiger partial charge in [0.2, 0.25) is 35.1 Å². The second-order valence-corrected chi connectivity index (χ2v) is 15.0. The molecule has 0 N–H and O–H groups in total. The number of nitrogens with zero attached hydrogens (tertiary/aromatic N) is 12. The van der Waals surface area contributed by atoms with E-state index in [0.29, 0.717) is 52.6 Å². The maximum Gasteiger partial charge on any atom is 0.223 e. The monoisotopic (exact) mass is 804 g/mol. The van der Waals surface area contributed by atoms with Crippen LogP contribution in [0.5, 0.6) is 0 Å². The third-order valence-electron chi connectivity index (χ3n) is 8.67. The molecular weight excluding hydrogens is 781 g/mol. The first-order chi connectivity index (χ1) is 27.9. The predicted octanol–water partition coefficient (Wildman–Crippen LogP) is 9.32. The predicted molar refractivity (Wildman–Crippen MR) is 214 cm³/mol. The molecule has 15 nitrogen and oxygen atoms in total. The van der Waals surface area contributed by atoms with Gasteiger partial charge in [-0.05, 0) is 71.0 Å². The number of hydrogen-bond acceptors (Lipinski definition) is 18. The minimum Gasteiger partial charge on any atom is -0.339 e. The first kappa shape index (κ1) is 34.5. The van der Waals surface area contributed by atoms with Crippen LogP contribution in [0.2, 0.25) is 0 Å². The molecule has 57 heavy (non-hydrogen) atoms. The van der Waals surface area contributed by atoms with Gasteiger partial charge in [0.25, 0.3) is 0 Å². The van der Waals surface area contributed by atoms with E-state index >= 15 is 0 Å². The van der Waals surface area contributed by atoms with E-state index in [1.807, 2.05) is 91.0 Å². The van der Waals surface area contributed by atoms with Gasteiger partial charge in [0.05, 0.1) is 0 Å². The molecule has 0 aliphatic carbocycles. The Labute approximate surface area is 334 Å². The summed E-state index contributed by atoms with van der Waals surface area (Å²) < 4.78 is 29.8. The van der Waals surface area contributed by atoms with Crippen LogP contribution >= 0.6 is 34.6 Å². The summed E-state index contributed by atoms with van der Waals surface area (Å²) in [6.07, 6.45) is 0. The van der Waals surface area contributed by atoms with Crippen molar-refractivity contribution < 1.29 is 13.6 Å². The van der Waals surface area contributed by atoms with Crippen molar-refractivity contribution in [1.82, 2.24) is 58.5 Å².